The molecule has 1 aromatic rings. The van der Waals surface area contributed by atoms with Crippen LogP contribution in [0.4, 0.5) is 0 Å². The van der Waals surface area contributed by atoms with Gasteiger partial charge in [0.2, 0.25) is 5.88 Å². The molecule has 0 aliphatic carbocycles. The second-order valence-electron chi connectivity index (χ2n) is 8.12. The molecule has 2 rings (SSSR count). The Morgan fingerprint density at radius 1 is 0.862 bits per heavy atom. The van der Waals surface area contributed by atoms with Crippen LogP contribution in [0.1, 0.15) is 115 Å². The van der Waals surface area contributed by atoms with Crippen LogP contribution < -0.4 is 9.61 Å². The van der Waals surface area contributed by atoms with Crippen LogP contribution in [0.5, 0.6) is 5.88 Å². The molecule has 2 heterocycles. The third kappa shape index (κ3) is 10.2. The highest BCUT2D eigenvalue weighted by Crippen LogP contribution is 2.51. The number of hydrogen-bond acceptors (Lipinski definition) is 4. The third-order valence-corrected chi connectivity index (χ3v) is 7.84. The van der Waals surface area contributed by atoms with Crippen molar-refractivity contribution in [3.05, 3.63) is 11.5 Å². The zero-order valence-electron chi connectivity index (χ0n) is 17.9. The molecule has 1 aromatic heterocycles. The first kappa shape index (κ1) is 25.2. The molecule has 0 amide bonds. The first-order valence-corrected chi connectivity index (χ1v) is 15.7. The van der Waals surface area contributed by atoms with E-state index in [1.54, 1.807) is 0 Å². The number of hydrogen-bond donors (Lipinski definition) is 3. The van der Waals surface area contributed by atoms with E-state index in [1.165, 1.54) is 89.9 Å². The predicted molar refractivity (Wildman–Crippen MR) is 136 cm³/mol. The number of thiocarbonyl (C=S) groups is 1. The van der Waals surface area contributed by atoms with E-state index in [9.17, 15) is 0 Å². The van der Waals surface area contributed by atoms with Crippen molar-refractivity contribution in [2.24, 2.45) is 0 Å². The standard InChI is InChI=1S/C21H38N3OPS3/c1-2-3-4-5-6-7-8-9-10-11-12-13-14-15-16-17-18-22-19-20(23-18)25-26(28,29)24-21(19)27/h2-17H2,1H3,(H,22,23)(H2,24,27,28,29). The number of rotatable bonds is 16. The lowest BCUT2D eigenvalue weighted by atomic mass is 10.0. The average Bonchev–Trinajstić information content (AvgIpc) is 3.06. The van der Waals surface area contributed by atoms with Crippen molar-refractivity contribution in [1.82, 2.24) is 15.1 Å². The second kappa shape index (κ2) is 14.1. The fourth-order valence-electron chi connectivity index (χ4n) is 3.73. The summed E-state index contributed by atoms with van der Waals surface area (Å²) in [5.41, 5.74) is -1.63. The Labute approximate surface area is 193 Å². The first-order valence-electron chi connectivity index (χ1n) is 11.5. The van der Waals surface area contributed by atoms with Gasteiger partial charge >= 0.3 is 0 Å². The summed E-state index contributed by atoms with van der Waals surface area (Å²) in [6, 6.07) is 0. The van der Waals surface area contributed by atoms with Gasteiger partial charge in [0.25, 0.3) is 5.62 Å². The van der Waals surface area contributed by atoms with Crippen LogP contribution >= 0.6 is 30.1 Å². The molecule has 8 heteroatoms. The van der Waals surface area contributed by atoms with E-state index in [1.807, 2.05) is 0 Å². The second-order valence-corrected chi connectivity index (χ2v) is 14.0. The summed E-state index contributed by atoms with van der Waals surface area (Å²) in [7, 11) is 0. The van der Waals surface area contributed by atoms with Gasteiger partial charge in [-0.1, -0.05) is 121 Å². The Morgan fingerprint density at radius 3 is 1.86 bits per heavy atom. The lowest BCUT2D eigenvalue weighted by molar-refractivity contribution is 0.531. The van der Waals surface area contributed by atoms with Crippen molar-refractivity contribution in [1.29, 1.82) is 0 Å². The van der Waals surface area contributed by atoms with Gasteiger partial charge in [-0.3, -0.25) is 0 Å². The first-order chi connectivity index (χ1) is 14.0. The van der Waals surface area contributed by atoms with E-state index in [2.05, 4.69) is 34.2 Å². The Balaban J connectivity index is 1.42. The minimum Gasteiger partial charge on any atom is -0.420 e. The van der Waals surface area contributed by atoms with Gasteiger partial charge < -0.3 is 14.6 Å². The highest BCUT2D eigenvalue weighted by Gasteiger charge is 2.29. The maximum atomic E-state index is 5.65. The molecule has 1 aliphatic rings. The molecule has 0 spiro atoms. The Bertz CT molecular complexity index is 666. The summed E-state index contributed by atoms with van der Waals surface area (Å²) in [5, 5.41) is 2.98. The monoisotopic (exact) mass is 475 g/mol. The van der Waals surface area contributed by atoms with Crippen LogP contribution in [-0.2, 0) is 18.2 Å². The number of H-pyrrole nitrogens is 1. The van der Waals surface area contributed by atoms with Gasteiger partial charge in [0.05, 0.1) is 0 Å². The molecule has 1 unspecified atom stereocenters. The average molecular weight is 476 g/mol. The highest BCUT2D eigenvalue weighted by molar-refractivity contribution is 8.61. The number of aromatic amines is 1. The molecule has 0 radical (unpaired) electrons. The van der Waals surface area contributed by atoms with Gasteiger partial charge in [-0.15, -0.1) is 0 Å². The van der Waals surface area contributed by atoms with E-state index < -0.39 is 5.62 Å². The molecule has 1 atom stereocenters. The van der Waals surface area contributed by atoms with Crippen LogP contribution in [-0.4, -0.2) is 15.0 Å². The fourth-order valence-corrected chi connectivity index (χ4v) is 6.43. The maximum absolute atomic E-state index is 5.65. The van der Waals surface area contributed by atoms with Crippen molar-refractivity contribution in [3.8, 4) is 5.88 Å². The molecule has 2 N–H and O–H groups in total. The molecular weight excluding hydrogens is 437 g/mol. The van der Waals surface area contributed by atoms with Crippen LogP contribution in [0.25, 0.3) is 0 Å². The minimum atomic E-state index is -2.37. The smallest absolute Gasteiger partial charge is 0.258 e. The number of nitrogens with zero attached hydrogens (tertiary/aromatic N) is 1. The van der Waals surface area contributed by atoms with Crippen molar-refractivity contribution < 1.29 is 4.52 Å². The van der Waals surface area contributed by atoms with Gasteiger partial charge in [0.1, 0.15) is 16.5 Å². The van der Waals surface area contributed by atoms with Crippen molar-refractivity contribution in [2.75, 3.05) is 0 Å². The summed E-state index contributed by atoms with van der Waals surface area (Å²) < 4.78 is 5.65. The van der Waals surface area contributed by atoms with Gasteiger partial charge in [0.15, 0.2) is 0 Å². The highest BCUT2D eigenvalue weighted by atomic mass is 32.9. The van der Waals surface area contributed by atoms with E-state index in [0.717, 1.165) is 24.4 Å². The Hall–Kier alpha value is -0.100. The van der Waals surface area contributed by atoms with Gasteiger partial charge in [0, 0.05) is 6.42 Å². The Kier molecular flexibility index (Phi) is 12.2. The molecule has 4 nitrogen and oxygen atoms in total. The molecule has 0 saturated carbocycles. The van der Waals surface area contributed by atoms with Crippen LogP contribution in [0.3, 0.4) is 0 Å². The molecule has 29 heavy (non-hydrogen) atoms. The van der Waals surface area contributed by atoms with Gasteiger partial charge in [-0.2, -0.15) is 4.98 Å². The number of aryl methyl sites for hydroxylation is 1. The summed E-state index contributed by atoms with van der Waals surface area (Å²) in [4.78, 5) is 8.34. The lowest BCUT2D eigenvalue weighted by Gasteiger charge is -2.23. The molecule has 0 bridgehead atoms. The van der Waals surface area contributed by atoms with Crippen LogP contribution in [0.15, 0.2) is 0 Å². The fraction of sp³-hybridized carbons (Fsp3) is 0.810. The molecule has 0 saturated heterocycles. The lowest BCUT2D eigenvalue weighted by Crippen LogP contribution is -2.24. The normalized spacial score (nSPS) is 18.3. The van der Waals surface area contributed by atoms with Crippen LogP contribution in [0.2, 0.25) is 0 Å². The van der Waals surface area contributed by atoms with E-state index in [-0.39, 0.29) is 0 Å². The predicted octanol–water partition coefficient (Wildman–Crippen LogP) is 7.64. The zero-order valence-corrected chi connectivity index (χ0v) is 21.3. The summed E-state index contributed by atoms with van der Waals surface area (Å²) in [6.45, 7) is 2.28. The Morgan fingerprint density at radius 2 is 1.34 bits per heavy atom. The van der Waals surface area contributed by atoms with Crippen molar-refractivity contribution in [3.63, 3.8) is 0 Å². The van der Waals surface area contributed by atoms with Crippen LogP contribution in [0, 0.1) is 0 Å². The number of thiol groups is 1. The molecule has 166 valence electrons. The van der Waals surface area contributed by atoms with E-state index >= 15 is 0 Å². The number of nitrogens with one attached hydrogen (secondary N) is 2. The third-order valence-electron chi connectivity index (χ3n) is 5.42. The number of aromatic nitrogens is 2. The molecule has 0 fully saturated rings. The minimum absolute atomic E-state index is 0.517. The molecular formula is C21H38N3OPS3. The van der Waals surface area contributed by atoms with Crippen molar-refractivity contribution >= 4 is 46.9 Å². The SMILES string of the molecule is CCCCCCCCCCCCCCCCCc1nc2c([nH]1)C(=S)NP(=S)(S)O2. The zero-order chi connectivity index (χ0) is 21.0. The molecule has 1 aliphatic heterocycles. The number of fused-ring (bicyclic) bond motifs is 1. The quantitative estimate of drug-likeness (QED) is 0.0992. The summed E-state index contributed by atoms with van der Waals surface area (Å²) in [6.07, 6.45) is 21.5. The van der Waals surface area contributed by atoms with Crippen molar-refractivity contribution in [2.45, 2.75) is 110 Å². The number of unbranched alkanes of at least 4 members (excludes halogenated alkanes) is 14. The van der Waals surface area contributed by atoms with E-state index in [4.69, 9.17) is 28.5 Å². The van der Waals surface area contributed by atoms with Gasteiger partial charge in [-0.25, -0.2) is 0 Å². The summed E-state index contributed by atoms with van der Waals surface area (Å²) >= 11 is 14.9. The number of imidazole rings is 1. The maximum Gasteiger partial charge on any atom is 0.258 e. The topological polar surface area (TPSA) is 49.9 Å². The molecule has 0 aromatic carbocycles. The van der Waals surface area contributed by atoms with E-state index in [0.29, 0.717) is 10.9 Å². The largest absolute Gasteiger partial charge is 0.420 e. The van der Waals surface area contributed by atoms with Gasteiger partial charge in [-0.05, 0) is 18.2 Å². The summed E-state index contributed by atoms with van der Waals surface area (Å²) in [5.74, 6) is 1.45.